The third-order valence-electron chi connectivity index (χ3n) is 3.82. The zero-order valence-corrected chi connectivity index (χ0v) is 15.9. The number of hydrogen-bond acceptors (Lipinski definition) is 4. The van der Waals surface area contributed by atoms with Crippen LogP contribution in [0.1, 0.15) is 38.0 Å². The molecule has 1 aromatic rings. The fraction of sp³-hybridized carbons (Fsp3) is 0.714. The Hall–Kier alpha value is 0.0500. The first-order valence-electron chi connectivity index (χ1n) is 7.28. The van der Waals surface area contributed by atoms with Crippen LogP contribution in [0.2, 0.25) is 0 Å². The van der Waals surface area contributed by atoms with Crippen LogP contribution in [0.4, 0.5) is 0 Å². The Morgan fingerprint density at radius 3 is 2.67 bits per heavy atom. The molecule has 0 aliphatic heterocycles. The predicted octanol–water partition coefficient (Wildman–Crippen LogP) is 3.43. The predicted molar refractivity (Wildman–Crippen MR) is 91.2 cm³/mol. The van der Waals surface area contributed by atoms with Gasteiger partial charge in [0, 0.05) is 31.1 Å². The highest BCUT2D eigenvalue weighted by Gasteiger charge is 2.29. The van der Waals surface area contributed by atoms with Crippen LogP contribution in [0.25, 0.3) is 0 Å². The number of halogens is 1. The van der Waals surface area contributed by atoms with Crippen molar-refractivity contribution in [2.75, 3.05) is 13.6 Å². The molecule has 21 heavy (non-hydrogen) atoms. The molecule has 1 N–H and O–H groups in total. The van der Waals surface area contributed by atoms with E-state index in [-0.39, 0.29) is 0 Å². The molecule has 0 aromatic carbocycles. The van der Waals surface area contributed by atoms with Crippen LogP contribution < -0.4 is 5.32 Å². The lowest BCUT2D eigenvalue weighted by molar-refractivity contribution is 0.263. The van der Waals surface area contributed by atoms with E-state index in [2.05, 4.69) is 35.1 Å². The number of nitrogens with one attached hydrogen (secondary N) is 1. The maximum absolute atomic E-state index is 12.7. The standard InChI is InChI=1S/C14H23BrN2O2S2/c1-10(2)16-8-12-7-13(14(15)20-12)21(18,19)17(3)9-11-5-4-6-11/h7,10-11,16H,4-6,8-9H2,1-3H3. The Bertz CT molecular complexity index is 580. The molecule has 4 nitrogen and oxygen atoms in total. The highest BCUT2D eigenvalue weighted by Crippen LogP contribution is 2.35. The minimum atomic E-state index is -3.39. The number of nitrogens with zero attached hydrogens (tertiary/aromatic N) is 1. The Morgan fingerprint density at radius 2 is 2.14 bits per heavy atom. The average molecular weight is 395 g/mol. The number of hydrogen-bond donors (Lipinski definition) is 1. The molecule has 1 aliphatic rings. The summed E-state index contributed by atoms with van der Waals surface area (Å²) in [5.74, 6) is 0.532. The largest absolute Gasteiger partial charge is 0.310 e. The molecule has 1 saturated carbocycles. The maximum Gasteiger partial charge on any atom is 0.244 e. The van der Waals surface area contributed by atoms with Crippen LogP contribution in [-0.2, 0) is 16.6 Å². The summed E-state index contributed by atoms with van der Waals surface area (Å²) >= 11 is 4.90. The third kappa shape index (κ3) is 4.28. The maximum atomic E-state index is 12.7. The highest BCUT2D eigenvalue weighted by molar-refractivity contribution is 9.11. The second-order valence-corrected chi connectivity index (χ2v) is 10.4. The summed E-state index contributed by atoms with van der Waals surface area (Å²) in [4.78, 5) is 1.43. The normalized spacial score (nSPS) is 16.7. The van der Waals surface area contributed by atoms with Crippen molar-refractivity contribution < 1.29 is 8.42 Å². The van der Waals surface area contributed by atoms with Gasteiger partial charge in [-0.15, -0.1) is 11.3 Å². The summed E-state index contributed by atoms with van der Waals surface area (Å²) in [6.45, 7) is 5.48. The number of thiophene rings is 1. The van der Waals surface area contributed by atoms with E-state index in [0.29, 0.717) is 33.7 Å². The second-order valence-electron chi connectivity index (χ2n) is 5.97. The molecule has 0 bridgehead atoms. The van der Waals surface area contributed by atoms with Gasteiger partial charge in [-0.05, 0) is 40.8 Å². The van der Waals surface area contributed by atoms with Crippen molar-refractivity contribution in [1.82, 2.24) is 9.62 Å². The highest BCUT2D eigenvalue weighted by atomic mass is 79.9. The molecule has 1 aromatic heterocycles. The van der Waals surface area contributed by atoms with E-state index in [4.69, 9.17) is 0 Å². The lowest BCUT2D eigenvalue weighted by Gasteiger charge is -2.29. The van der Waals surface area contributed by atoms with E-state index in [0.717, 1.165) is 17.7 Å². The molecule has 0 amide bonds. The molecule has 7 heteroatoms. The second kappa shape index (κ2) is 7.08. The van der Waals surface area contributed by atoms with Crippen LogP contribution in [0, 0.1) is 5.92 Å². The fourth-order valence-corrected chi connectivity index (χ4v) is 6.10. The van der Waals surface area contributed by atoms with Gasteiger partial charge in [-0.1, -0.05) is 20.3 Å². The van der Waals surface area contributed by atoms with Gasteiger partial charge in [0.2, 0.25) is 10.0 Å². The van der Waals surface area contributed by atoms with Crippen molar-refractivity contribution in [3.05, 3.63) is 14.7 Å². The molecule has 1 fully saturated rings. The molecule has 0 saturated heterocycles. The molecule has 0 radical (unpaired) electrons. The van der Waals surface area contributed by atoms with Crippen molar-refractivity contribution in [3.63, 3.8) is 0 Å². The summed E-state index contributed by atoms with van der Waals surface area (Å²) in [7, 11) is -1.71. The van der Waals surface area contributed by atoms with E-state index >= 15 is 0 Å². The van der Waals surface area contributed by atoms with Gasteiger partial charge in [-0.3, -0.25) is 0 Å². The molecule has 0 atom stereocenters. The van der Waals surface area contributed by atoms with Crippen molar-refractivity contribution in [3.8, 4) is 0 Å². The van der Waals surface area contributed by atoms with Gasteiger partial charge >= 0.3 is 0 Å². The summed E-state index contributed by atoms with van der Waals surface area (Å²) < 4.78 is 27.5. The van der Waals surface area contributed by atoms with Crippen LogP contribution >= 0.6 is 27.3 Å². The summed E-state index contributed by atoms with van der Waals surface area (Å²) in [5.41, 5.74) is 0. The minimum absolute atomic E-state index is 0.382. The van der Waals surface area contributed by atoms with Gasteiger partial charge < -0.3 is 5.32 Å². The smallest absolute Gasteiger partial charge is 0.244 e. The first-order chi connectivity index (χ1) is 9.80. The van der Waals surface area contributed by atoms with Crippen LogP contribution in [0.15, 0.2) is 14.7 Å². The summed E-state index contributed by atoms with van der Waals surface area (Å²) in [6.07, 6.45) is 3.52. The van der Waals surface area contributed by atoms with Gasteiger partial charge in [-0.25, -0.2) is 12.7 Å². The van der Waals surface area contributed by atoms with Gasteiger partial charge in [-0.2, -0.15) is 0 Å². The van der Waals surface area contributed by atoms with Crippen LogP contribution in [0.5, 0.6) is 0 Å². The zero-order chi connectivity index (χ0) is 15.6. The Kier molecular flexibility index (Phi) is 5.87. The van der Waals surface area contributed by atoms with E-state index in [1.54, 1.807) is 13.1 Å². The monoisotopic (exact) mass is 394 g/mol. The molecule has 120 valence electrons. The molecule has 0 unspecified atom stereocenters. The SMILES string of the molecule is CC(C)NCc1cc(S(=O)(=O)N(C)CC2CCC2)c(Br)s1. The van der Waals surface area contributed by atoms with E-state index in [1.807, 2.05) is 0 Å². The molecular weight excluding hydrogens is 372 g/mol. The van der Waals surface area contributed by atoms with Crippen molar-refractivity contribution in [2.45, 2.75) is 50.6 Å². The lowest BCUT2D eigenvalue weighted by Crippen LogP contribution is -2.34. The molecular formula is C14H23BrN2O2S2. The van der Waals surface area contributed by atoms with Crippen LogP contribution in [0.3, 0.4) is 0 Å². The van der Waals surface area contributed by atoms with Crippen molar-refractivity contribution in [1.29, 1.82) is 0 Å². The lowest BCUT2D eigenvalue weighted by atomic mass is 9.86. The topological polar surface area (TPSA) is 49.4 Å². The van der Waals surface area contributed by atoms with E-state index in [9.17, 15) is 8.42 Å². The quantitative estimate of drug-likeness (QED) is 0.770. The van der Waals surface area contributed by atoms with Gasteiger partial charge in [0.25, 0.3) is 0 Å². The fourth-order valence-electron chi connectivity index (χ4n) is 2.27. The first-order valence-corrected chi connectivity index (χ1v) is 10.3. The number of rotatable bonds is 7. The minimum Gasteiger partial charge on any atom is -0.310 e. The molecule has 2 rings (SSSR count). The Morgan fingerprint density at radius 1 is 1.48 bits per heavy atom. The summed E-state index contributed by atoms with van der Waals surface area (Å²) in [5, 5.41) is 3.31. The van der Waals surface area contributed by atoms with E-state index in [1.165, 1.54) is 22.1 Å². The molecule has 0 spiro atoms. The summed E-state index contributed by atoms with van der Waals surface area (Å²) in [6, 6.07) is 2.17. The van der Waals surface area contributed by atoms with Gasteiger partial charge in [0.05, 0.1) is 3.79 Å². The Labute approximate surface area is 140 Å². The van der Waals surface area contributed by atoms with Crippen molar-refractivity contribution >= 4 is 37.3 Å². The van der Waals surface area contributed by atoms with E-state index < -0.39 is 10.0 Å². The first kappa shape index (κ1) is 17.4. The zero-order valence-electron chi connectivity index (χ0n) is 12.7. The third-order valence-corrected chi connectivity index (χ3v) is 7.89. The molecule has 1 aliphatic carbocycles. The van der Waals surface area contributed by atoms with Gasteiger partial charge in [0.1, 0.15) is 4.90 Å². The Balaban J connectivity index is 2.11. The number of sulfonamides is 1. The molecule has 1 heterocycles. The van der Waals surface area contributed by atoms with Crippen molar-refractivity contribution in [2.24, 2.45) is 5.92 Å². The van der Waals surface area contributed by atoms with Crippen LogP contribution in [-0.4, -0.2) is 32.4 Å². The average Bonchev–Trinajstić information content (AvgIpc) is 2.73. The van der Waals surface area contributed by atoms with Gasteiger partial charge in [0.15, 0.2) is 0 Å².